The summed E-state index contributed by atoms with van der Waals surface area (Å²) in [5, 5.41) is 9.80. The van der Waals surface area contributed by atoms with Gasteiger partial charge in [0.1, 0.15) is 18.1 Å². The predicted octanol–water partition coefficient (Wildman–Crippen LogP) is 3.91. The Morgan fingerprint density at radius 1 is 1.00 bits per heavy atom. The number of phenols is 1. The van der Waals surface area contributed by atoms with Gasteiger partial charge in [0, 0.05) is 11.1 Å². The highest BCUT2D eigenvalue weighted by atomic mass is 16.5. The highest BCUT2D eigenvalue weighted by molar-refractivity contribution is 5.87. The maximum atomic E-state index is 9.80. The van der Waals surface area contributed by atoms with Crippen LogP contribution in [0, 0.1) is 6.92 Å². The minimum atomic E-state index is 0.283. The molecule has 2 aromatic carbocycles. The number of aromatic hydroxyl groups is 1. The monoisotopic (exact) mass is 252 g/mol. The van der Waals surface area contributed by atoms with E-state index in [0.717, 1.165) is 16.9 Å². The van der Waals surface area contributed by atoms with Crippen molar-refractivity contribution in [1.82, 2.24) is 0 Å². The van der Waals surface area contributed by atoms with Crippen molar-refractivity contribution in [1.29, 1.82) is 0 Å². The van der Waals surface area contributed by atoms with Gasteiger partial charge in [-0.15, -0.1) is 0 Å². The van der Waals surface area contributed by atoms with E-state index in [0.29, 0.717) is 6.61 Å². The molecule has 0 unspecified atom stereocenters. The van der Waals surface area contributed by atoms with Gasteiger partial charge < -0.3 is 9.84 Å². The lowest BCUT2D eigenvalue weighted by atomic mass is 9.90. The fraction of sp³-hybridized carbons (Fsp3) is 0.176. The summed E-state index contributed by atoms with van der Waals surface area (Å²) >= 11 is 0. The summed E-state index contributed by atoms with van der Waals surface area (Å²) < 4.78 is 5.78. The number of rotatable bonds is 1. The molecule has 3 rings (SSSR count). The average Bonchev–Trinajstić information content (AvgIpc) is 2.44. The lowest BCUT2D eigenvalue weighted by Crippen LogP contribution is -2.11. The van der Waals surface area contributed by atoms with Crippen molar-refractivity contribution in [2.45, 2.75) is 13.8 Å². The van der Waals surface area contributed by atoms with Gasteiger partial charge in [0.15, 0.2) is 0 Å². The SMILES string of the molecule is CC1=C(c2ccccc2)c2ccc(O)c(C)c2OC1. The third-order valence-corrected chi connectivity index (χ3v) is 3.57. The Balaban J connectivity index is 2.24. The molecular weight excluding hydrogens is 236 g/mol. The van der Waals surface area contributed by atoms with Gasteiger partial charge in [0.2, 0.25) is 0 Å². The minimum absolute atomic E-state index is 0.283. The van der Waals surface area contributed by atoms with Crippen molar-refractivity contribution in [3.63, 3.8) is 0 Å². The van der Waals surface area contributed by atoms with Crippen molar-refractivity contribution in [3.8, 4) is 11.5 Å². The molecule has 2 aromatic rings. The van der Waals surface area contributed by atoms with Crippen molar-refractivity contribution in [3.05, 3.63) is 64.7 Å². The van der Waals surface area contributed by atoms with Crippen LogP contribution in [0.5, 0.6) is 11.5 Å². The second-order valence-corrected chi connectivity index (χ2v) is 4.90. The van der Waals surface area contributed by atoms with Crippen molar-refractivity contribution < 1.29 is 9.84 Å². The lowest BCUT2D eigenvalue weighted by Gasteiger charge is -2.24. The van der Waals surface area contributed by atoms with Crippen LogP contribution >= 0.6 is 0 Å². The van der Waals surface area contributed by atoms with Crippen LogP contribution in [0.1, 0.15) is 23.6 Å². The van der Waals surface area contributed by atoms with Crippen LogP contribution in [-0.2, 0) is 0 Å². The Morgan fingerprint density at radius 3 is 2.47 bits per heavy atom. The van der Waals surface area contributed by atoms with Gasteiger partial charge in [0.25, 0.3) is 0 Å². The smallest absolute Gasteiger partial charge is 0.134 e. The summed E-state index contributed by atoms with van der Waals surface area (Å²) in [6.07, 6.45) is 0. The second kappa shape index (κ2) is 4.47. The highest BCUT2D eigenvalue weighted by Gasteiger charge is 2.21. The summed E-state index contributed by atoms with van der Waals surface area (Å²) in [5.41, 5.74) is 5.48. The topological polar surface area (TPSA) is 29.5 Å². The molecule has 0 spiro atoms. The molecule has 0 radical (unpaired) electrons. The van der Waals surface area contributed by atoms with Crippen LogP contribution in [0.25, 0.3) is 5.57 Å². The van der Waals surface area contributed by atoms with Crippen LogP contribution in [0.3, 0.4) is 0 Å². The molecule has 0 fully saturated rings. The molecule has 2 nitrogen and oxygen atoms in total. The highest BCUT2D eigenvalue weighted by Crippen LogP contribution is 2.41. The first-order valence-corrected chi connectivity index (χ1v) is 6.39. The van der Waals surface area contributed by atoms with Crippen molar-refractivity contribution in [2.24, 2.45) is 0 Å². The Morgan fingerprint density at radius 2 is 1.74 bits per heavy atom. The first-order chi connectivity index (χ1) is 9.18. The molecule has 19 heavy (non-hydrogen) atoms. The molecular formula is C17H16O2. The van der Waals surface area contributed by atoms with Crippen LogP contribution in [-0.4, -0.2) is 11.7 Å². The van der Waals surface area contributed by atoms with E-state index in [1.807, 2.05) is 31.2 Å². The molecule has 1 N–H and O–H groups in total. The van der Waals surface area contributed by atoms with Gasteiger partial charge in [0.05, 0.1) is 0 Å². The quantitative estimate of drug-likeness (QED) is 0.833. The second-order valence-electron chi connectivity index (χ2n) is 4.90. The molecule has 96 valence electrons. The Hall–Kier alpha value is -2.22. The fourth-order valence-corrected chi connectivity index (χ4v) is 2.55. The Bertz CT molecular complexity index is 654. The predicted molar refractivity (Wildman–Crippen MR) is 76.5 cm³/mol. The first-order valence-electron chi connectivity index (χ1n) is 6.39. The van der Waals surface area contributed by atoms with E-state index < -0.39 is 0 Å². The van der Waals surface area contributed by atoms with E-state index in [1.54, 1.807) is 6.07 Å². The zero-order valence-corrected chi connectivity index (χ0v) is 11.1. The fourth-order valence-electron chi connectivity index (χ4n) is 2.55. The van der Waals surface area contributed by atoms with E-state index in [2.05, 4.69) is 19.1 Å². The Kier molecular flexibility index (Phi) is 2.79. The standard InChI is InChI=1S/C17H16O2/c1-11-10-19-17-12(2)15(18)9-8-14(17)16(11)13-6-4-3-5-7-13/h3-9,18H,10H2,1-2H3. The maximum absolute atomic E-state index is 9.80. The summed E-state index contributed by atoms with van der Waals surface area (Å²) in [5.74, 6) is 1.08. The molecule has 1 aliphatic rings. The van der Waals surface area contributed by atoms with Crippen LogP contribution in [0.4, 0.5) is 0 Å². The first kappa shape index (κ1) is 11.8. The summed E-state index contributed by atoms with van der Waals surface area (Å²) in [6.45, 7) is 4.55. The zero-order chi connectivity index (χ0) is 13.4. The van der Waals surface area contributed by atoms with Gasteiger partial charge in [-0.3, -0.25) is 0 Å². The number of fused-ring (bicyclic) bond motifs is 1. The summed E-state index contributed by atoms with van der Waals surface area (Å²) in [7, 11) is 0. The van der Waals surface area contributed by atoms with Crippen molar-refractivity contribution >= 4 is 5.57 Å². The summed E-state index contributed by atoms with van der Waals surface area (Å²) in [6, 6.07) is 14.0. The minimum Gasteiger partial charge on any atom is -0.508 e. The average molecular weight is 252 g/mol. The zero-order valence-electron chi connectivity index (χ0n) is 11.1. The largest absolute Gasteiger partial charge is 0.508 e. The summed E-state index contributed by atoms with van der Waals surface area (Å²) in [4.78, 5) is 0. The number of hydrogen-bond acceptors (Lipinski definition) is 2. The maximum Gasteiger partial charge on any atom is 0.134 e. The molecule has 0 aromatic heterocycles. The van der Waals surface area contributed by atoms with E-state index >= 15 is 0 Å². The molecule has 0 saturated carbocycles. The molecule has 2 heteroatoms. The third kappa shape index (κ3) is 1.89. The number of hydrogen-bond donors (Lipinski definition) is 1. The van der Waals surface area contributed by atoms with Crippen molar-refractivity contribution in [2.75, 3.05) is 6.61 Å². The van der Waals surface area contributed by atoms with Gasteiger partial charge in [-0.1, -0.05) is 30.3 Å². The molecule has 0 atom stereocenters. The van der Waals surface area contributed by atoms with E-state index in [-0.39, 0.29) is 5.75 Å². The molecule has 0 saturated heterocycles. The van der Waals surface area contributed by atoms with Crippen LogP contribution in [0.2, 0.25) is 0 Å². The number of ether oxygens (including phenoxy) is 1. The van der Waals surface area contributed by atoms with Crippen LogP contribution in [0.15, 0.2) is 48.0 Å². The molecule has 0 amide bonds. The number of phenolic OH excluding ortho intramolecular Hbond substituents is 1. The van der Waals surface area contributed by atoms with Gasteiger partial charge in [-0.05, 0) is 42.7 Å². The lowest BCUT2D eigenvalue weighted by molar-refractivity contribution is 0.340. The third-order valence-electron chi connectivity index (χ3n) is 3.57. The molecule has 1 heterocycles. The molecule has 0 bridgehead atoms. The normalized spacial score (nSPS) is 14.0. The van der Waals surface area contributed by atoms with Gasteiger partial charge in [-0.2, -0.15) is 0 Å². The van der Waals surface area contributed by atoms with E-state index in [1.165, 1.54) is 16.7 Å². The number of benzene rings is 2. The van der Waals surface area contributed by atoms with E-state index in [9.17, 15) is 5.11 Å². The van der Waals surface area contributed by atoms with Gasteiger partial charge in [-0.25, -0.2) is 0 Å². The molecule has 1 aliphatic heterocycles. The Labute approximate surface area is 113 Å². The van der Waals surface area contributed by atoms with Gasteiger partial charge >= 0.3 is 0 Å². The van der Waals surface area contributed by atoms with E-state index in [4.69, 9.17) is 4.74 Å². The molecule has 0 aliphatic carbocycles. The van der Waals surface area contributed by atoms with Crippen LogP contribution < -0.4 is 4.74 Å².